The van der Waals surface area contributed by atoms with Gasteiger partial charge >= 0.3 is 0 Å². The number of carbonyl (C=O) groups excluding carboxylic acids is 1. The topological polar surface area (TPSA) is 55.1 Å². The van der Waals surface area contributed by atoms with Gasteiger partial charge in [-0.25, -0.2) is 0 Å². The van der Waals surface area contributed by atoms with Gasteiger partial charge in [0.15, 0.2) is 0 Å². The van der Waals surface area contributed by atoms with Gasteiger partial charge in [-0.15, -0.1) is 0 Å². The molecule has 144 valence electrons. The third-order valence-electron chi connectivity index (χ3n) is 4.77. The minimum atomic E-state index is -0.462. The van der Waals surface area contributed by atoms with Crippen LogP contribution in [0.25, 0.3) is 16.3 Å². The zero-order valence-corrected chi connectivity index (χ0v) is 17.2. The van der Waals surface area contributed by atoms with Crippen molar-refractivity contribution >= 4 is 39.5 Å². The number of carbonyl (C=O) groups is 1. The third-order valence-corrected chi connectivity index (χ3v) is 5.08. The number of primary amides is 1. The number of nitrogens with two attached hydrogens (primary N) is 1. The number of hydrogen-bond donors (Lipinski definition) is 2. The molecule has 0 saturated carbocycles. The predicted octanol–water partition coefficient (Wildman–Crippen LogP) is 5.82. The normalized spacial score (nSPS) is 12.2. The molecule has 1 amide bonds. The maximum absolute atomic E-state index is 11.5. The maximum atomic E-state index is 11.5. The second-order valence-electron chi connectivity index (χ2n) is 7.63. The largest absolute Gasteiger partial charge is 0.379 e. The Morgan fingerprint density at radius 1 is 1.07 bits per heavy atom. The van der Waals surface area contributed by atoms with Gasteiger partial charge in [0, 0.05) is 11.1 Å². The van der Waals surface area contributed by atoms with Gasteiger partial charge in [-0.05, 0) is 61.2 Å². The SMILES string of the molecule is C/C=C(\C(N)=O)c1ccc(NC(C)(C)Cc2ccc3ccccc3c2)c(Cl)c1. The minimum absolute atomic E-state index is 0.208. The number of anilines is 1. The van der Waals surface area contributed by atoms with Crippen LogP contribution >= 0.6 is 11.6 Å². The molecule has 0 radical (unpaired) electrons. The molecule has 3 aromatic rings. The van der Waals surface area contributed by atoms with Gasteiger partial charge in [0.05, 0.1) is 10.7 Å². The number of benzene rings is 3. The fourth-order valence-electron chi connectivity index (χ4n) is 3.50. The molecule has 0 saturated heterocycles. The summed E-state index contributed by atoms with van der Waals surface area (Å²) in [6.07, 6.45) is 2.54. The van der Waals surface area contributed by atoms with Crippen molar-refractivity contribution in [1.82, 2.24) is 0 Å². The van der Waals surface area contributed by atoms with E-state index in [0.29, 0.717) is 10.6 Å². The van der Waals surface area contributed by atoms with Crippen LogP contribution in [0.3, 0.4) is 0 Å². The van der Waals surface area contributed by atoms with E-state index in [0.717, 1.165) is 17.7 Å². The molecule has 0 aliphatic carbocycles. The zero-order valence-electron chi connectivity index (χ0n) is 16.4. The standard InChI is InChI=1S/C24H25ClN2O/c1-4-20(23(26)28)19-11-12-22(21(25)14-19)27-24(2,3)15-16-9-10-17-7-5-6-8-18(17)13-16/h4-14,27H,15H2,1-3H3,(H2,26,28)/b20-4-. The highest BCUT2D eigenvalue weighted by Crippen LogP contribution is 2.30. The van der Waals surface area contributed by atoms with E-state index in [9.17, 15) is 4.79 Å². The fraction of sp³-hybridized carbons (Fsp3) is 0.208. The summed E-state index contributed by atoms with van der Waals surface area (Å²) >= 11 is 6.48. The lowest BCUT2D eigenvalue weighted by molar-refractivity contribution is -0.112. The molecule has 0 aromatic heterocycles. The second-order valence-corrected chi connectivity index (χ2v) is 8.04. The van der Waals surface area contributed by atoms with E-state index in [1.165, 1.54) is 16.3 Å². The summed E-state index contributed by atoms with van der Waals surface area (Å²) in [5.74, 6) is -0.462. The van der Waals surface area contributed by atoms with E-state index in [1.54, 1.807) is 19.1 Å². The molecule has 0 fully saturated rings. The van der Waals surface area contributed by atoms with E-state index < -0.39 is 5.91 Å². The van der Waals surface area contributed by atoms with Crippen LogP contribution in [0.15, 0.2) is 66.7 Å². The predicted molar refractivity (Wildman–Crippen MR) is 120 cm³/mol. The molecule has 3 nitrogen and oxygen atoms in total. The van der Waals surface area contributed by atoms with Crippen molar-refractivity contribution in [2.24, 2.45) is 5.73 Å². The first-order valence-corrected chi connectivity index (χ1v) is 9.69. The Morgan fingerprint density at radius 3 is 2.43 bits per heavy atom. The first-order chi connectivity index (χ1) is 13.3. The quantitative estimate of drug-likeness (QED) is 0.519. The number of halogens is 1. The van der Waals surface area contributed by atoms with Crippen LogP contribution in [0, 0.1) is 0 Å². The molecule has 3 N–H and O–H groups in total. The van der Waals surface area contributed by atoms with Gasteiger partial charge in [-0.3, -0.25) is 4.79 Å². The van der Waals surface area contributed by atoms with E-state index >= 15 is 0 Å². The van der Waals surface area contributed by atoms with Crippen molar-refractivity contribution in [3.8, 4) is 0 Å². The van der Waals surface area contributed by atoms with Crippen LogP contribution in [-0.2, 0) is 11.2 Å². The highest BCUT2D eigenvalue weighted by Gasteiger charge is 2.20. The lowest BCUT2D eigenvalue weighted by atomic mass is 9.93. The first-order valence-electron chi connectivity index (χ1n) is 9.31. The van der Waals surface area contributed by atoms with E-state index in [4.69, 9.17) is 17.3 Å². The first kappa shape index (κ1) is 20.0. The molecule has 0 atom stereocenters. The van der Waals surface area contributed by atoms with Crippen molar-refractivity contribution in [2.45, 2.75) is 32.7 Å². The van der Waals surface area contributed by atoms with Crippen molar-refractivity contribution in [2.75, 3.05) is 5.32 Å². The molecule has 0 aliphatic heterocycles. The highest BCUT2D eigenvalue weighted by atomic mass is 35.5. The average Bonchev–Trinajstić information content (AvgIpc) is 2.63. The van der Waals surface area contributed by atoms with Crippen molar-refractivity contribution in [3.05, 3.63) is 82.9 Å². The lowest BCUT2D eigenvalue weighted by Crippen LogP contribution is -2.33. The smallest absolute Gasteiger partial charge is 0.248 e. The summed E-state index contributed by atoms with van der Waals surface area (Å²) in [6.45, 7) is 6.08. The minimum Gasteiger partial charge on any atom is -0.379 e. The van der Waals surface area contributed by atoms with Crippen LogP contribution in [0.2, 0.25) is 5.02 Å². The monoisotopic (exact) mass is 392 g/mol. The molecule has 0 heterocycles. The van der Waals surface area contributed by atoms with Gasteiger partial charge in [-0.1, -0.05) is 66.2 Å². The van der Waals surface area contributed by atoms with E-state index in [1.807, 2.05) is 12.1 Å². The fourth-order valence-corrected chi connectivity index (χ4v) is 3.73. The van der Waals surface area contributed by atoms with Crippen molar-refractivity contribution in [1.29, 1.82) is 0 Å². The summed E-state index contributed by atoms with van der Waals surface area (Å²) in [5.41, 5.74) is 8.49. The number of fused-ring (bicyclic) bond motifs is 1. The molecular weight excluding hydrogens is 368 g/mol. The van der Waals surface area contributed by atoms with Crippen LogP contribution in [0.1, 0.15) is 31.9 Å². The molecule has 3 rings (SSSR count). The summed E-state index contributed by atoms with van der Waals surface area (Å²) < 4.78 is 0. The second kappa shape index (κ2) is 8.07. The maximum Gasteiger partial charge on any atom is 0.248 e. The van der Waals surface area contributed by atoms with Crippen LogP contribution in [0.4, 0.5) is 5.69 Å². The number of hydrogen-bond acceptors (Lipinski definition) is 2. The van der Waals surface area contributed by atoms with Gasteiger partial charge in [0.25, 0.3) is 0 Å². The zero-order chi connectivity index (χ0) is 20.3. The molecule has 0 unspecified atom stereocenters. The number of rotatable bonds is 6. The highest BCUT2D eigenvalue weighted by molar-refractivity contribution is 6.33. The molecule has 0 bridgehead atoms. The van der Waals surface area contributed by atoms with Crippen LogP contribution in [0.5, 0.6) is 0 Å². The van der Waals surface area contributed by atoms with Crippen molar-refractivity contribution in [3.63, 3.8) is 0 Å². The van der Waals surface area contributed by atoms with Gasteiger partial charge in [0.1, 0.15) is 0 Å². The molecule has 28 heavy (non-hydrogen) atoms. The summed E-state index contributed by atoms with van der Waals surface area (Å²) in [4.78, 5) is 11.5. The van der Waals surface area contributed by atoms with Gasteiger partial charge in [-0.2, -0.15) is 0 Å². The third kappa shape index (κ3) is 4.55. The Hall–Kier alpha value is -2.78. The summed E-state index contributed by atoms with van der Waals surface area (Å²) in [6, 6.07) is 20.4. The Labute approximate surface area is 171 Å². The van der Waals surface area contributed by atoms with Crippen LogP contribution in [-0.4, -0.2) is 11.4 Å². The summed E-state index contributed by atoms with van der Waals surface area (Å²) in [7, 11) is 0. The van der Waals surface area contributed by atoms with Gasteiger partial charge in [0.2, 0.25) is 5.91 Å². The number of nitrogens with one attached hydrogen (secondary N) is 1. The molecule has 0 spiro atoms. The molecule has 3 aromatic carbocycles. The average molecular weight is 393 g/mol. The summed E-state index contributed by atoms with van der Waals surface area (Å²) in [5, 5.41) is 6.57. The number of allylic oxidation sites excluding steroid dienone is 1. The Balaban J connectivity index is 1.80. The Kier molecular flexibility index (Phi) is 5.76. The van der Waals surface area contributed by atoms with Crippen molar-refractivity contribution < 1.29 is 4.79 Å². The van der Waals surface area contributed by atoms with E-state index in [2.05, 4.69) is 61.6 Å². The molecule has 0 aliphatic rings. The van der Waals surface area contributed by atoms with E-state index in [-0.39, 0.29) is 5.54 Å². The number of amides is 1. The van der Waals surface area contributed by atoms with Crippen LogP contribution < -0.4 is 11.1 Å². The lowest BCUT2D eigenvalue weighted by Gasteiger charge is -2.28. The molecule has 4 heteroatoms. The Morgan fingerprint density at radius 2 is 1.79 bits per heavy atom. The van der Waals surface area contributed by atoms with Gasteiger partial charge < -0.3 is 11.1 Å². The Bertz CT molecular complexity index is 1050. The molecular formula is C24H25ClN2O.